The molecule has 5 atom stereocenters. The quantitative estimate of drug-likeness (QED) is 0.571. The largest absolute Gasteiger partial charge is 0.371 e. The van der Waals surface area contributed by atoms with Gasteiger partial charge in [-0.15, -0.1) is 0 Å². The summed E-state index contributed by atoms with van der Waals surface area (Å²) in [6, 6.07) is 9.10. The number of benzene rings is 1. The molecule has 2 aliphatic heterocycles. The first-order chi connectivity index (χ1) is 15.1. The second-order valence-corrected chi connectivity index (χ2v) is 9.99. The zero-order valence-electron chi connectivity index (χ0n) is 17.5. The minimum absolute atomic E-state index is 0.0904. The number of hydrogen-bond donors (Lipinski definition) is 3. The summed E-state index contributed by atoms with van der Waals surface area (Å²) in [5.74, 6) is -2.69. The molecule has 0 radical (unpaired) electrons. The molecule has 170 valence electrons. The van der Waals surface area contributed by atoms with Gasteiger partial charge in [0.2, 0.25) is 5.91 Å². The number of aromatic nitrogens is 1. The minimum Gasteiger partial charge on any atom is -0.371 e. The van der Waals surface area contributed by atoms with Crippen molar-refractivity contribution < 1.29 is 19.7 Å². The van der Waals surface area contributed by atoms with Gasteiger partial charge >= 0.3 is 0 Å². The first kappa shape index (κ1) is 21.9. The van der Waals surface area contributed by atoms with Crippen LogP contribution in [0.15, 0.2) is 36.5 Å². The molecule has 32 heavy (non-hydrogen) atoms. The Morgan fingerprint density at radius 3 is 2.59 bits per heavy atom. The van der Waals surface area contributed by atoms with Gasteiger partial charge in [0.25, 0.3) is 0 Å². The molecule has 3 fully saturated rings. The zero-order chi connectivity index (χ0) is 22.8. The van der Waals surface area contributed by atoms with Gasteiger partial charge in [-0.05, 0) is 49.2 Å². The predicted molar refractivity (Wildman–Crippen MR) is 121 cm³/mol. The number of nitrogens with two attached hydrogens (primary N) is 1. The first-order valence-corrected chi connectivity index (χ1v) is 11.5. The SMILES string of the molecule is Cc1cc(C2C3OC(CC3N(c3ccc(Cl)c(Cl)c3)C3CC(O)(O)C3)C2C(N)=O)ccn1. The molecule has 1 amide bonds. The van der Waals surface area contributed by atoms with Gasteiger partial charge in [-0.2, -0.15) is 0 Å². The maximum Gasteiger partial charge on any atom is 0.223 e. The molecule has 2 bridgehead atoms. The van der Waals surface area contributed by atoms with E-state index in [1.807, 2.05) is 25.1 Å². The molecule has 0 spiro atoms. The lowest BCUT2D eigenvalue weighted by atomic mass is 9.71. The summed E-state index contributed by atoms with van der Waals surface area (Å²) in [5, 5.41) is 20.9. The van der Waals surface area contributed by atoms with Crippen LogP contribution >= 0.6 is 23.2 Å². The number of nitrogens with zero attached hydrogens (tertiary/aromatic N) is 2. The monoisotopic (exact) mass is 477 g/mol. The van der Waals surface area contributed by atoms with Gasteiger partial charge in [-0.25, -0.2) is 0 Å². The lowest BCUT2D eigenvalue weighted by molar-refractivity contribution is -0.219. The summed E-state index contributed by atoms with van der Waals surface area (Å²) in [6.07, 6.45) is 2.16. The zero-order valence-corrected chi connectivity index (χ0v) is 19.0. The van der Waals surface area contributed by atoms with Crippen LogP contribution in [0.5, 0.6) is 0 Å². The Balaban J connectivity index is 1.54. The predicted octanol–water partition coefficient (Wildman–Crippen LogP) is 2.77. The van der Waals surface area contributed by atoms with E-state index in [0.717, 1.165) is 16.9 Å². The van der Waals surface area contributed by atoms with E-state index >= 15 is 0 Å². The summed E-state index contributed by atoms with van der Waals surface area (Å²) in [7, 11) is 0. The molecule has 2 aromatic rings. The topological polar surface area (TPSA) is 109 Å². The van der Waals surface area contributed by atoms with Crippen molar-refractivity contribution in [1.29, 1.82) is 0 Å². The highest BCUT2D eigenvalue weighted by Crippen LogP contribution is 2.52. The molecule has 3 aliphatic rings. The lowest BCUT2D eigenvalue weighted by Gasteiger charge is -2.51. The third-order valence-corrected chi connectivity index (χ3v) is 7.78. The molecule has 1 saturated carbocycles. The Labute approximate surface area is 196 Å². The van der Waals surface area contributed by atoms with Crippen molar-refractivity contribution in [3.8, 4) is 0 Å². The second kappa shape index (κ2) is 7.85. The van der Waals surface area contributed by atoms with Crippen molar-refractivity contribution in [2.75, 3.05) is 4.90 Å². The highest BCUT2D eigenvalue weighted by Gasteiger charge is 2.60. The number of carbonyl (C=O) groups excluding carboxylic acids is 1. The third-order valence-electron chi connectivity index (χ3n) is 7.04. The van der Waals surface area contributed by atoms with E-state index in [1.165, 1.54) is 0 Å². The van der Waals surface area contributed by atoms with Crippen LogP contribution in [0.25, 0.3) is 0 Å². The number of hydrogen-bond acceptors (Lipinski definition) is 6. The molecule has 9 heteroatoms. The summed E-state index contributed by atoms with van der Waals surface area (Å²) >= 11 is 12.5. The Morgan fingerprint density at radius 1 is 1.22 bits per heavy atom. The van der Waals surface area contributed by atoms with Crippen LogP contribution in [-0.2, 0) is 9.53 Å². The number of aliphatic hydroxyl groups is 2. The summed E-state index contributed by atoms with van der Waals surface area (Å²) in [6.45, 7) is 1.91. The number of primary amides is 1. The number of fused-ring (bicyclic) bond motifs is 2. The lowest BCUT2D eigenvalue weighted by Crippen LogP contribution is -2.61. The molecule has 1 aliphatic carbocycles. The maximum atomic E-state index is 12.4. The van der Waals surface area contributed by atoms with Gasteiger partial charge in [-0.1, -0.05) is 23.2 Å². The van der Waals surface area contributed by atoms with Gasteiger partial charge < -0.3 is 25.6 Å². The molecule has 1 aromatic carbocycles. The van der Waals surface area contributed by atoms with Gasteiger partial charge in [0.1, 0.15) is 0 Å². The van der Waals surface area contributed by atoms with Crippen LogP contribution < -0.4 is 10.6 Å². The smallest absolute Gasteiger partial charge is 0.223 e. The van der Waals surface area contributed by atoms with E-state index in [0.29, 0.717) is 16.5 Å². The van der Waals surface area contributed by atoms with E-state index in [1.54, 1.807) is 18.3 Å². The van der Waals surface area contributed by atoms with Crippen molar-refractivity contribution in [1.82, 2.24) is 4.98 Å². The fourth-order valence-corrected chi connectivity index (χ4v) is 6.02. The Kier molecular flexibility index (Phi) is 5.38. The number of carbonyl (C=O) groups is 1. The van der Waals surface area contributed by atoms with Crippen molar-refractivity contribution >= 4 is 34.8 Å². The summed E-state index contributed by atoms with van der Waals surface area (Å²) in [4.78, 5) is 18.8. The van der Waals surface area contributed by atoms with Crippen molar-refractivity contribution in [2.24, 2.45) is 11.7 Å². The number of rotatable bonds is 5. The van der Waals surface area contributed by atoms with Crippen molar-refractivity contribution in [2.45, 2.75) is 62.2 Å². The third kappa shape index (κ3) is 3.66. The highest BCUT2D eigenvalue weighted by molar-refractivity contribution is 6.42. The van der Waals surface area contributed by atoms with Gasteiger partial charge in [0.05, 0.1) is 34.2 Å². The van der Waals surface area contributed by atoms with E-state index in [2.05, 4.69) is 9.88 Å². The summed E-state index contributed by atoms with van der Waals surface area (Å²) < 4.78 is 6.35. The number of pyridine rings is 1. The number of amides is 1. The Morgan fingerprint density at radius 2 is 1.97 bits per heavy atom. The number of halogens is 2. The Bertz CT molecular complexity index is 1060. The van der Waals surface area contributed by atoms with Crippen LogP contribution in [0.3, 0.4) is 0 Å². The molecular formula is C23H25Cl2N3O4. The fraction of sp³-hybridized carbons (Fsp3) is 0.478. The number of ether oxygens (including phenoxy) is 1. The van der Waals surface area contributed by atoms with Gasteiger partial charge in [0.15, 0.2) is 5.79 Å². The van der Waals surface area contributed by atoms with Gasteiger partial charge in [-0.3, -0.25) is 9.78 Å². The van der Waals surface area contributed by atoms with Crippen LogP contribution in [0, 0.1) is 12.8 Å². The van der Waals surface area contributed by atoms with Crippen molar-refractivity contribution in [3.63, 3.8) is 0 Å². The number of aryl methyl sites for hydroxylation is 1. The Hall–Kier alpha value is -1.90. The molecule has 2 saturated heterocycles. The normalized spacial score (nSPS) is 30.8. The molecule has 1 aromatic heterocycles. The van der Waals surface area contributed by atoms with Crippen LogP contribution in [0.1, 0.15) is 36.4 Å². The molecular weight excluding hydrogens is 453 g/mol. The number of anilines is 1. The minimum atomic E-state index is -1.69. The fourth-order valence-electron chi connectivity index (χ4n) is 5.73. The van der Waals surface area contributed by atoms with E-state index in [9.17, 15) is 15.0 Å². The van der Waals surface area contributed by atoms with Crippen LogP contribution in [0.2, 0.25) is 10.0 Å². The standard InChI is InChI=1S/C23H25Cl2N3O4/c1-11-6-12(4-5-27-11)19-20(22(26)29)18-8-17(21(19)32-18)28(14-9-23(30,31)10-14)13-2-3-15(24)16(25)7-13/h2-7,14,17-21,30-31H,8-10H2,1H3,(H2,26,29). The average Bonchev–Trinajstić information content (AvgIpc) is 3.28. The molecule has 4 N–H and O–H groups in total. The van der Waals surface area contributed by atoms with Crippen LogP contribution in [0.4, 0.5) is 5.69 Å². The highest BCUT2D eigenvalue weighted by atomic mass is 35.5. The van der Waals surface area contributed by atoms with E-state index in [-0.39, 0.29) is 49.0 Å². The molecule has 7 nitrogen and oxygen atoms in total. The van der Waals surface area contributed by atoms with Crippen LogP contribution in [-0.4, -0.2) is 51.2 Å². The summed E-state index contributed by atoms with van der Waals surface area (Å²) in [5.41, 5.74) is 8.47. The second-order valence-electron chi connectivity index (χ2n) is 9.18. The van der Waals surface area contributed by atoms with Crippen molar-refractivity contribution in [3.05, 3.63) is 57.8 Å². The molecule has 5 unspecified atom stereocenters. The molecule has 5 rings (SSSR count). The first-order valence-electron chi connectivity index (χ1n) is 10.7. The molecule has 3 heterocycles. The maximum absolute atomic E-state index is 12.4. The van der Waals surface area contributed by atoms with Gasteiger partial charge in [0, 0.05) is 42.4 Å². The van der Waals surface area contributed by atoms with E-state index < -0.39 is 11.7 Å². The van der Waals surface area contributed by atoms with E-state index in [4.69, 9.17) is 33.7 Å². The average molecular weight is 478 g/mol.